The predicted octanol–water partition coefficient (Wildman–Crippen LogP) is 4.61. The number of hydrogen-bond acceptors (Lipinski definition) is 0. The van der Waals surface area contributed by atoms with E-state index in [0.717, 1.165) is 19.3 Å². The molecule has 1 aromatic rings. The van der Waals surface area contributed by atoms with Crippen LogP contribution in [0.15, 0.2) is 30.3 Å². The van der Waals surface area contributed by atoms with Crippen molar-refractivity contribution in [1.29, 1.82) is 0 Å². The summed E-state index contributed by atoms with van der Waals surface area (Å²) in [4.78, 5) is 8.89. The quantitative estimate of drug-likeness (QED) is 0.394. The van der Waals surface area contributed by atoms with Crippen molar-refractivity contribution in [2.75, 3.05) is 0 Å². The van der Waals surface area contributed by atoms with Crippen molar-refractivity contribution < 1.29 is 9.90 Å². The van der Waals surface area contributed by atoms with E-state index in [4.69, 9.17) is 9.90 Å². The molecule has 2 nitrogen and oxygen atoms in total. The maximum absolute atomic E-state index is 8.89. The molecular weight excluding hydrogens is 379 g/mol. The normalized spacial score (nSPS) is 7.73. The van der Waals surface area contributed by atoms with Crippen LogP contribution >= 0.6 is 0 Å². The van der Waals surface area contributed by atoms with Crippen molar-refractivity contribution in [3.8, 4) is 5.75 Å². The van der Waals surface area contributed by atoms with Gasteiger partial charge in [0.1, 0.15) is 0 Å². The van der Waals surface area contributed by atoms with Crippen molar-refractivity contribution >= 4 is 23.9 Å². The largest absolute Gasteiger partial charge is 0.587 e. The van der Waals surface area contributed by atoms with Crippen molar-refractivity contribution in [2.45, 2.75) is 59.3 Å². The Hall–Kier alpha value is -0.511. The van der Waals surface area contributed by atoms with Gasteiger partial charge in [-0.1, -0.05) is 58.2 Å². The summed E-state index contributed by atoms with van der Waals surface area (Å²) in [5, 5.41) is 7.09. The molecule has 0 aliphatic rings. The van der Waals surface area contributed by atoms with E-state index in [0.29, 0.717) is 0 Å². The zero-order chi connectivity index (χ0) is 16.9. The molecule has 0 aliphatic carbocycles. The van der Waals surface area contributed by atoms with Crippen molar-refractivity contribution in [2.24, 2.45) is 0 Å². The Morgan fingerprint density at radius 3 is 1.45 bits per heavy atom. The van der Waals surface area contributed by atoms with Gasteiger partial charge in [-0.3, -0.25) is 4.79 Å². The van der Waals surface area contributed by atoms with Crippen LogP contribution in [0.2, 0.25) is 0 Å². The average Bonchev–Trinajstić information content (AvgIpc) is 2.72. The fraction of sp³-hybridized carbons (Fsp3) is 0.474. The topological polar surface area (TPSA) is 44.3 Å². The van der Waals surface area contributed by atoms with Crippen LogP contribution in [0.5, 0.6) is 5.75 Å². The first-order chi connectivity index (χ1) is 10.0. The SMILES string of the molecule is [CH2-]CCC.[CH2-]CCC.[CH2-]CCC.[OH+]=c1cccccc1[OH2+].[Sn]. The van der Waals surface area contributed by atoms with Crippen LogP contribution in [0.25, 0.3) is 0 Å². The zero-order valence-corrected chi connectivity index (χ0v) is 17.6. The van der Waals surface area contributed by atoms with Crippen molar-refractivity contribution in [1.82, 2.24) is 0 Å². The smallest absolute Gasteiger partial charge is 0.433 e. The molecule has 0 atom stereocenters. The van der Waals surface area contributed by atoms with E-state index >= 15 is 0 Å². The second-order valence-electron chi connectivity index (χ2n) is 4.27. The van der Waals surface area contributed by atoms with Crippen LogP contribution in [-0.2, 0) is 0 Å². The van der Waals surface area contributed by atoms with Crippen LogP contribution in [0.4, 0.5) is 0 Å². The second kappa shape index (κ2) is 28.6. The van der Waals surface area contributed by atoms with Gasteiger partial charge in [0.2, 0.25) is 0 Å². The third-order valence-corrected chi connectivity index (χ3v) is 2.08. The fourth-order valence-corrected chi connectivity index (χ4v) is 0.538. The molecule has 0 saturated heterocycles. The summed E-state index contributed by atoms with van der Waals surface area (Å²) >= 11 is 0. The van der Waals surface area contributed by atoms with Crippen molar-refractivity contribution in [3.05, 3.63) is 56.5 Å². The van der Waals surface area contributed by atoms with Gasteiger partial charge in [-0.05, 0) is 0 Å². The number of hydrogen-bond donors (Lipinski definition) is 0. The molecule has 0 aromatic heterocycles. The minimum absolute atomic E-state index is 0. The van der Waals surface area contributed by atoms with E-state index in [-0.39, 0.29) is 35.1 Å². The molecule has 1 rings (SSSR count). The standard InChI is InChI=1S/C7H6O2.3C4H9.Sn/c8-6-4-2-1-3-5-7(6)9;3*1-3-4-2;/h1-5H,(H,8,9);3*1,3-4H2,2H3;/q;3*-1;/p+2. The summed E-state index contributed by atoms with van der Waals surface area (Å²) in [7, 11) is 0. The monoisotopic (exact) mass is 415 g/mol. The van der Waals surface area contributed by atoms with Crippen LogP contribution in [0.3, 0.4) is 0 Å². The summed E-state index contributed by atoms with van der Waals surface area (Å²) in [6.07, 6.45) is 6.83. The van der Waals surface area contributed by atoms with Gasteiger partial charge in [0.25, 0.3) is 0 Å². The van der Waals surface area contributed by atoms with E-state index in [1.807, 2.05) is 0 Å². The van der Waals surface area contributed by atoms with E-state index in [9.17, 15) is 0 Å². The Balaban J connectivity index is -0.000000107. The maximum atomic E-state index is 8.89. The minimum Gasteiger partial charge on any atom is -0.587 e. The molecule has 22 heavy (non-hydrogen) atoms. The summed E-state index contributed by atoms with van der Waals surface area (Å²) in [6, 6.07) is 8.19. The third-order valence-electron chi connectivity index (χ3n) is 2.08. The molecule has 3 N–H and O–H groups in total. The van der Waals surface area contributed by atoms with Crippen LogP contribution < -0.4 is 5.43 Å². The van der Waals surface area contributed by atoms with Gasteiger partial charge in [0, 0.05) is 30.0 Å². The van der Waals surface area contributed by atoms with E-state index in [1.54, 1.807) is 18.2 Å². The molecule has 0 saturated carbocycles. The summed E-state index contributed by atoms with van der Waals surface area (Å²) in [6.45, 7) is 17.2. The van der Waals surface area contributed by atoms with Gasteiger partial charge in [0.05, 0.1) is 6.07 Å². The molecular formula is C19H35O2Sn-. The summed E-state index contributed by atoms with van der Waals surface area (Å²) < 4.78 is 0. The first-order valence-corrected chi connectivity index (χ1v) is 7.76. The predicted molar refractivity (Wildman–Crippen MR) is 101 cm³/mol. The molecule has 1 aromatic carbocycles. The molecule has 0 unspecified atom stereocenters. The zero-order valence-electron chi connectivity index (χ0n) is 14.7. The third kappa shape index (κ3) is 31.7. The van der Waals surface area contributed by atoms with Gasteiger partial charge >= 0.3 is 11.2 Å². The van der Waals surface area contributed by atoms with Crippen molar-refractivity contribution in [3.63, 3.8) is 0 Å². The average molecular weight is 414 g/mol. The Morgan fingerprint density at radius 2 is 1.14 bits per heavy atom. The maximum Gasteiger partial charge on any atom is 0.433 e. The van der Waals surface area contributed by atoms with E-state index < -0.39 is 0 Å². The minimum atomic E-state index is 0. The molecule has 0 spiro atoms. The number of rotatable bonds is 3. The molecule has 128 valence electrons. The first-order valence-electron chi connectivity index (χ1n) is 7.76. The van der Waals surface area contributed by atoms with E-state index in [1.165, 1.54) is 31.4 Å². The van der Waals surface area contributed by atoms with Gasteiger partial charge in [-0.25, -0.2) is 0 Å². The van der Waals surface area contributed by atoms with Gasteiger partial charge in [-0.2, -0.15) is 19.3 Å². The van der Waals surface area contributed by atoms with Gasteiger partial charge in [-0.15, -0.1) is 0 Å². The Labute approximate surface area is 155 Å². The van der Waals surface area contributed by atoms with Gasteiger partial charge in [0.15, 0.2) is 0 Å². The molecule has 0 amide bonds. The molecule has 0 aliphatic heterocycles. The molecule has 4 radical (unpaired) electrons. The number of unbranched alkanes of at least 4 members (excludes halogenated alkanes) is 3. The Kier molecular flexibility index (Phi) is 38.4. The van der Waals surface area contributed by atoms with E-state index in [2.05, 4.69) is 41.5 Å². The first kappa shape index (κ1) is 29.5. The summed E-state index contributed by atoms with van der Waals surface area (Å²) in [5.74, 6) is 0.153. The van der Waals surface area contributed by atoms with Crippen LogP contribution in [0, 0.1) is 20.8 Å². The summed E-state index contributed by atoms with van der Waals surface area (Å²) in [5.41, 5.74) is 0.0139. The Bertz CT molecular complexity index is 325. The second-order valence-corrected chi connectivity index (χ2v) is 4.27. The molecule has 0 heterocycles. The van der Waals surface area contributed by atoms with Crippen LogP contribution in [0.1, 0.15) is 59.3 Å². The van der Waals surface area contributed by atoms with Crippen LogP contribution in [-0.4, -0.2) is 33.8 Å². The van der Waals surface area contributed by atoms with Gasteiger partial charge < -0.3 is 25.9 Å². The molecule has 0 fully saturated rings. The molecule has 0 bridgehead atoms. The fourth-order valence-electron chi connectivity index (χ4n) is 0.538. The molecule has 3 heteroatoms. The Morgan fingerprint density at radius 1 is 0.818 bits per heavy atom.